The zero-order valence-electron chi connectivity index (χ0n) is 10.9. The smallest absolute Gasteiger partial charge is 0.146 e. The first-order chi connectivity index (χ1) is 9.38. The van der Waals surface area contributed by atoms with Crippen LogP contribution in [0, 0.1) is 0 Å². The lowest BCUT2D eigenvalue weighted by Crippen LogP contribution is -2.12. The number of fused-ring (bicyclic) bond motifs is 1. The van der Waals surface area contributed by atoms with Crippen molar-refractivity contribution in [3.8, 4) is 5.75 Å². The van der Waals surface area contributed by atoms with Crippen LogP contribution in [0.5, 0.6) is 5.75 Å². The third kappa shape index (κ3) is 2.34. The molecule has 1 heterocycles. The minimum atomic E-state index is -0.0855. The Bertz CT molecular complexity index is 587. The lowest BCUT2D eigenvalue weighted by Gasteiger charge is -2.25. The van der Waals surface area contributed by atoms with Gasteiger partial charge in [0, 0.05) is 6.08 Å². The van der Waals surface area contributed by atoms with E-state index in [1.807, 2.05) is 55.5 Å². The first-order valence-electron chi connectivity index (χ1n) is 6.54. The van der Waals surface area contributed by atoms with E-state index in [2.05, 4.69) is 12.1 Å². The van der Waals surface area contributed by atoms with Gasteiger partial charge in [-0.1, -0.05) is 42.5 Å². The van der Waals surface area contributed by atoms with Crippen molar-refractivity contribution in [1.82, 2.24) is 0 Å². The second-order valence-corrected chi connectivity index (χ2v) is 4.41. The number of benzene rings is 2. The summed E-state index contributed by atoms with van der Waals surface area (Å²) in [6.45, 7) is 2.65. The standard InChI is InChI=1S/C17H16O2/c1-2-18-17-12-16(13-8-4-3-5-9-13)19-15-11-7-6-10-14(15)17/h3-12,16H,2H2,1H3. The molecule has 0 radical (unpaired) electrons. The van der Waals surface area contributed by atoms with Crippen LogP contribution < -0.4 is 4.74 Å². The fraction of sp³-hybridized carbons (Fsp3) is 0.176. The number of rotatable bonds is 3. The Hall–Kier alpha value is -2.22. The van der Waals surface area contributed by atoms with E-state index in [1.165, 1.54) is 0 Å². The number of para-hydroxylation sites is 1. The topological polar surface area (TPSA) is 18.5 Å². The molecular formula is C17H16O2. The normalized spacial score (nSPS) is 17.1. The van der Waals surface area contributed by atoms with Crippen LogP contribution in [-0.2, 0) is 4.74 Å². The first kappa shape index (κ1) is 11.8. The van der Waals surface area contributed by atoms with Gasteiger partial charge < -0.3 is 9.47 Å². The molecule has 1 aliphatic rings. The van der Waals surface area contributed by atoms with Gasteiger partial charge in [-0.05, 0) is 24.6 Å². The van der Waals surface area contributed by atoms with Crippen molar-refractivity contribution in [1.29, 1.82) is 0 Å². The summed E-state index contributed by atoms with van der Waals surface area (Å²) in [5.41, 5.74) is 2.16. The highest BCUT2D eigenvalue weighted by molar-refractivity contribution is 5.68. The van der Waals surface area contributed by atoms with Crippen molar-refractivity contribution < 1.29 is 9.47 Å². The highest BCUT2D eigenvalue weighted by atomic mass is 16.5. The second-order valence-electron chi connectivity index (χ2n) is 4.41. The van der Waals surface area contributed by atoms with Gasteiger partial charge in [0.2, 0.25) is 0 Å². The number of hydrogen-bond donors (Lipinski definition) is 0. The summed E-state index contributed by atoms with van der Waals surface area (Å²) in [7, 11) is 0. The minimum absolute atomic E-state index is 0.0855. The van der Waals surface area contributed by atoms with Gasteiger partial charge in [0.05, 0.1) is 12.2 Å². The molecule has 0 N–H and O–H groups in total. The quantitative estimate of drug-likeness (QED) is 0.815. The molecule has 0 aromatic heterocycles. The molecule has 2 nitrogen and oxygen atoms in total. The molecule has 0 saturated carbocycles. The molecule has 0 spiro atoms. The van der Waals surface area contributed by atoms with Crippen molar-refractivity contribution in [3.63, 3.8) is 0 Å². The lowest BCUT2D eigenvalue weighted by atomic mass is 10.0. The molecule has 2 aromatic carbocycles. The Morgan fingerprint density at radius 1 is 1.00 bits per heavy atom. The van der Waals surface area contributed by atoms with E-state index >= 15 is 0 Å². The minimum Gasteiger partial charge on any atom is -0.493 e. The van der Waals surface area contributed by atoms with Crippen molar-refractivity contribution >= 4 is 5.76 Å². The molecule has 0 fully saturated rings. The molecule has 0 amide bonds. The maximum atomic E-state index is 6.04. The molecule has 0 saturated heterocycles. The van der Waals surface area contributed by atoms with Gasteiger partial charge in [-0.3, -0.25) is 0 Å². The maximum absolute atomic E-state index is 6.04. The molecule has 0 bridgehead atoms. The monoisotopic (exact) mass is 252 g/mol. The van der Waals surface area contributed by atoms with Gasteiger partial charge in [-0.15, -0.1) is 0 Å². The van der Waals surface area contributed by atoms with Crippen LogP contribution in [0.2, 0.25) is 0 Å². The summed E-state index contributed by atoms with van der Waals surface area (Å²) >= 11 is 0. The number of ether oxygens (including phenoxy) is 2. The fourth-order valence-electron chi connectivity index (χ4n) is 2.26. The SMILES string of the molecule is CCOC1=CC(c2ccccc2)Oc2ccccc21. The van der Waals surface area contributed by atoms with Gasteiger partial charge in [0.1, 0.15) is 17.6 Å². The van der Waals surface area contributed by atoms with E-state index in [0.29, 0.717) is 6.61 Å². The molecule has 3 rings (SSSR count). The van der Waals surface area contributed by atoms with E-state index in [9.17, 15) is 0 Å². The molecule has 0 aliphatic carbocycles. The predicted octanol–water partition coefficient (Wildman–Crippen LogP) is 4.20. The molecule has 1 unspecified atom stereocenters. The van der Waals surface area contributed by atoms with Crippen LogP contribution in [0.1, 0.15) is 24.2 Å². The van der Waals surface area contributed by atoms with Gasteiger partial charge in [0.15, 0.2) is 0 Å². The predicted molar refractivity (Wildman–Crippen MR) is 75.9 cm³/mol. The first-order valence-corrected chi connectivity index (χ1v) is 6.54. The van der Waals surface area contributed by atoms with Crippen LogP contribution in [0.25, 0.3) is 5.76 Å². The second kappa shape index (κ2) is 5.19. The molecule has 19 heavy (non-hydrogen) atoms. The highest BCUT2D eigenvalue weighted by Crippen LogP contribution is 2.37. The molecule has 1 atom stereocenters. The molecule has 1 aliphatic heterocycles. The Morgan fingerprint density at radius 2 is 1.74 bits per heavy atom. The van der Waals surface area contributed by atoms with Crippen molar-refractivity contribution in [3.05, 3.63) is 71.8 Å². The summed E-state index contributed by atoms with van der Waals surface area (Å²) < 4.78 is 11.8. The molecular weight excluding hydrogens is 236 g/mol. The zero-order chi connectivity index (χ0) is 13.1. The van der Waals surface area contributed by atoms with E-state index in [4.69, 9.17) is 9.47 Å². The zero-order valence-corrected chi connectivity index (χ0v) is 10.9. The summed E-state index contributed by atoms with van der Waals surface area (Å²) in [6, 6.07) is 18.2. The van der Waals surface area contributed by atoms with Crippen LogP contribution >= 0.6 is 0 Å². The molecule has 96 valence electrons. The summed E-state index contributed by atoms with van der Waals surface area (Å²) in [5.74, 6) is 1.78. The van der Waals surface area contributed by atoms with Crippen LogP contribution in [0.15, 0.2) is 60.7 Å². The van der Waals surface area contributed by atoms with Gasteiger partial charge in [0.25, 0.3) is 0 Å². The summed E-state index contributed by atoms with van der Waals surface area (Å²) in [6.07, 6.45) is 1.96. The van der Waals surface area contributed by atoms with Crippen LogP contribution in [-0.4, -0.2) is 6.61 Å². The Balaban J connectivity index is 2.01. The average molecular weight is 252 g/mol. The van der Waals surface area contributed by atoms with Crippen molar-refractivity contribution in [2.75, 3.05) is 6.61 Å². The van der Waals surface area contributed by atoms with E-state index in [-0.39, 0.29) is 6.10 Å². The van der Waals surface area contributed by atoms with Crippen LogP contribution in [0.4, 0.5) is 0 Å². The van der Waals surface area contributed by atoms with Gasteiger partial charge in [-0.2, -0.15) is 0 Å². The van der Waals surface area contributed by atoms with E-state index in [1.54, 1.807) is 0 Å². The highest BCUT2D eigenvalue weighted by Gasteiger charge is 2.22. The molecule has 2 heteroatoms. The largest absolute Gasteiger partial charge is 0.493 e. The van der Waals surface area contributed by atoms with Crippen molar-refractivity contribution in [2.24, 2.45) is 0 Å². The average Bonchev–Trinajstić information content (AvgIpc) is 2.48. The fourth-order valence-corrected chi connectivity index (χ4v) is 2.26. The third-order valence-corrected chi connectivity index (χ3v) is 3.14. The van der Waals surface area contributed by atoms with Crippen molar-refractivity contribution in [2.45, 2.75) is 13.0 Å². The third-order valence-electron chi connectivity index (χ3n) is 3.14. The Labute approximate surface area is 113 Å². The van der Waals surface area contributed by atoms with E-state index < -0.39 is 0 Å². The summed E-state index contributed by atoms with van der Waals surface area (Å²) in [4.78, 5) is 0. The Morgan fingerprint density at radius 3 is 2.53 bits per heavy atom. The lowest BCUT2D eigenvalue weighted by molar-refractivity contribution is 0.228. The number of hydrogen-bond acceptors (Lipinski definition) is 2. The van der Waals surface area contributed by atoms with E-state index in [0.717, 1.165) is 22.6 Å². The Kier molecular flexibility index (Phi) is 3.23. The van der Waals surface area contributed by atoms with Gasteiger partial charge >= 0.3 is 0 Å². The van der Waals surface area contributed by atoms with Gasteiger partial charge in [-0.25, -0.2) is 0 Å². The molecule has 2 aromatic rings. The summed E-state index contributed by atoms with van der Waals surface area (Å²) in [5, 5.41) is 0. The maximum Gasteiger partial charge on any atom is 0.146 e. The van der Waals surface area contributed by atoms with Crippen LogP contribution in [0.3, 0.4) is 0 Å².